The molecule has 7 nitrogen and oxygen atoms in total. The van der Waals surface area contributed by atoms with Crippen molar-refractivity contribution in [1.82, 2.24) is 14.5 Å². The third-order valence-corrected chi connectivity index (χ3v) is 5.94. The van der Waals surface area contributed by atoms with Crippen molar-refractivity contribution in [2.75, 3.05) is 18.9 Å². The topological polar surface area (TPSA) is 92.3 Å². The Morgan fingerprint density at radius 3 is 2.53 bits per heavy atom. The van der Waals surface area contributed by atoms with E-state index in [4.69, 9.17) is 25.2 Å². The number of para-hydroxylation sites is 2. The summed E-state index contributed by atoms with van der Waals surface area (Å²) in [5.74, 6) is 0.171. The van der Waals surface area contributed by atoms with E-state index in [-0.39, 0.29) is 24.1 Å². The summed E-state index contributed by atoms with van der Waals surface area (Å²) in [5, 5.41) is 0. The Morgan fingerprint density at radius 1 is 1.16 bits per heavy atom. The van der Waals surface area contributed by atoms with Gasteiger partial charge in [-0.1, -0.05) is 38.1 Å². The first kappa shape index (κ1) is 20.5. The van der Waals surface area contributed by atoms with Crippen LogP contribution in [0.5, 0.6) is 0 Å². The van der Waals surface area contributed by atoms with Gasteiger partial charge in [0.05, 0.1) is 17.1 Å². The van der Waals surface area contributed by atoms with E-state index in [1.807, 2.05) is 36.4 Å². The third-order valence-electron chi connectivity index (χ3n) is 5.94. The molecule has 4 aromatic rings. The number of ether oxygens (including phenoxy) is 2. The van der Waals surface area contributed by atoms with E-state index in [0.29, 0.717) is 29.2 Å². The molecule has 0 amide bonds. The van der Waals surface area contributed by atoms with Crippen LogP contribution in [0.1, 0.15) is 48.5 Å². The highest BCUT2D eigenvalue weighted by Gasteiger charge is 2.27. The number of fused-ring (bicyclic) bond motifs is 2. The molecule has 2 aromatic carbocycles. The highest BCUT2D eigenvalue weighted by Crippen LogP contribution is 2.32. The predicted octanol–water partition coefficient (Wildman–Crippen LogP) is 4.62. The van der Waals surface area contributed by atoms with Crippen LogP contribution in [0.4, 0.5) is 5.82 Å². The van der Waals surface area contributed by atoms with E-state index in [1.165, 1.54) is 5.56 Å². The fourth-order valence-electron chi connectivity index (χ4n) is 4.15. The molecule has 1 fully saturated rings. The number of anilines is 1. The Balaban J connectivity index is 1.64. The van der Waals surface area contributed by atoms with Crippen molar-refractivity contribution in [3.8, 4) is 5.69 Å². The van der Waals surface area contributed by atoms with Crippen LogP contribution in [-0.4, -0.2) is 39.8 Å². The normalized spacial score (nSPS) is 16.3. The summed E-state index contributed by atoms with van der Waals surface area (Å²) < 4.78 is 12.9. The Bertz CT molecular complexity index is 1290. The van der Waals surface area contributed by atoms with Crippen LogP contribution in [0.25, 0.3) is 27.9 Å². The number of benzene rings is 2. The summed E-state index contributed by atoms with van der Waals surface area (Å²) in [6.45, 7) is 5.20. The van der Waals surface area contributed by atoms with E-state index >= 15 is 0 Å². The number of hydrogen-bond acceptors (Lipinski definition) is 6. The molecule has 0 spiro atoms. The zero-order chi connectivity index (χ0) is 22.2. The fraction of sp³-hybridized carbons (Fsp3) is 0.320. The summed E-state index contributed by atoms with van der Waals surface area (Å²) in [7, 11) is 0. The van der Waals surface area contributed by atoms with Gasteiger partial charge in [0, 0.05) is 12.3 Å². The number of hydrogen-bond donors (Lipinski definition) is 1. The molecule has 1 aliphatic heterocycles. The van der Waals surface area contributed by atoms with Crippen molar-refractivity contribution in [2.24, 2.45) is 0 Å². The number of nitrogen functional groups attached to an aromatic ring is 1. The minimum absolute atomic E-state index is 0.0657. The highest BCUT2D eigenvalue weighted by atomic mass is 16.6. The van der Waals surface area contributed by atoms with Gasteiger partial charge in [-0.3, -0.25) is 4.57 Å². The fourth-order valence-corrected chi connectivity index (χ4v) is 4.15. The van der Waals surface area contributed by atoms with Gasteiger partial charge in [-0.2, -0.15) is 0 Å². The molecule has 0 saturated carbocycles. The Labute approximate surface area is 186 Å². The lowest BCUT2D eigenvalue weighted by Gasteiger charge is -2.11. The van der Waals surface area contributed by atoms with Crippen molar-refractivity contribution in [1.29, 1.82) is 0 Å². The molecule has 5 rings (SSSR count). The molecular weight excluding hydrogens is 404 g/mol. The summed E-state index contributed by atoms with van der Waals surface area (Å²) in [5.41, 5.74) is 11.2. The van der Waals surface area contributed by atoms with Crippen molar-refractivity contribution < 1.29 is 14.3 Å². The van der Waals surface area contributed by atoms with Crippen molar-refractivity contribution >= 4 is 34.0 Å². The average Bonchev–Trinajstić information content (AvgIpc) is 3.41. The minimum atomic E-state index is -0.509. The number of esters is 1. The summed E-state index contributed by atoms with van der Waals surface area (Å²) in [4.78, 5) is 22.7. The zero-order valence-electron chi connectivity index (χ0n) is 18.2. The highest BCUT2D eigenvalue weighted by molar-refractivity contribution is 6.09. The van der Waals surface area contributed by atoms with Gasteiger partial charge in [0.2, 0.25) is 0 Å². The number of carbonyl (C=O) groups excluding carboxylic acids is 1. The second-order valence-electron chi connectivity index (χ2n) is 8.46. The first-order valence-corrected chi connectivity index (χ1v) is 11.0. The number of nitrogens with two attached hydrogens (primary N) is 1. The lowest BCUT2D eigenvalue weighted by atomic mass is 10.0. The minimum Gasteiger partial charge on any atom is -0.459 e. The van der Waals surface area contributed by atoms with Gasteiger partial charge in [-0.25, -0.2) is 14.8 Å². The monoisotopic (exact) mass is 430 g/mol. The molecule has 164 valence electrons. The smallest absolute Gasteiger partial charge is 0.344 e. The standard InChI is InChI=1S/C25H26N4O3/c1-15(2)16-9-11-17(12-10-16)29-23(26)21(25(30)32-14-18-6-5-13-31-18)22-24(29)28-20-8-4-3-7-19(20)27-22/h3-4,7-12,15,18H,5-6,13-14,26H2,1-2H3/t18-/m0/s1. The second kappa shape index (κ2) is 8.24. The van der Waals surface area contributed by atoms with Crippen LogP contribution >= 0.6 is 0 Å². The molecule has 0 bridgehead atoms. The summed E-state index contributed by atoms with van der Waals surface area (Å²) >= 11 is 0. The van der Waals surface area contributed by atoms with E-state index in [2.05, 4.69) is 26.0 Å². The van der Waals surface area contributed by atoms with Crippen LogP contribution in [0, 0.1) is 0 Å². The Hall–Kier alpha value is -3.45. The van der Waals surface area contributed by atoms with Crippen molar-refractivity contribution in [2.45, 2.75) is 38.7 Å². The van der Waals surface area contributed by atoms with Gasteiger partial charge in [-0.15, -0.1) is 0 Å². The summed E-state index contributed by atoms with van der Waals surface area (Å²) in [6, 6.07) is 15.7. The molecule has 1 aliphatic rings. The molecule has 0 unspecified atom stereocenters. The van der Waals surface area contributed by atoms with E-state index in [9.17, 15) is 4.79 Å². The van der Waals surface area contributed by atoms with E-state index < -0.39 is 5.97 Å². The quantitative estimate of drug-likeness (QED) is 0.465. The molecule has 0 aliphatic carbocycles. The van der Waals surface area contributed by atoms with Crippen LogP contribution in [0.3, 0.4) is 0 Å². The van der Waals surface area contributed by atoms with E-state index in [0.717, 1.165) is 24.0 Å². The maximum atomic E-state index is 13.1. The molecule has 1 atom stereocenters. The van der Waals surface area contributed by atoms with E-state index in [1.54, 1.807) is 4.57 Å². The number of aromatic nitrogens is 3. The maximum Gasteiger partial charge on any atom is 0.344 e. The van der Waals surface area contributed by atoms with Crippen LogP contribution in [0.15, 0.2) is 48.5 Å². The van der Waals surface area contributed by atoms with Gasteiger partial charge < -0.3 is 15.2 Å². The van der Waals surface area contributed by atoms with Crippen molar-refractivity contribution in [3.05, 3.63) is 59.7 Å². The average molecular weight is 431 g/mol. The number of carbonyl (C=O) groups is 1. The molecule has 1 saturated heterocycles. The van der Waals surface area contributed by atoms with Crippen LogP contribution in [0.2, 0.25) is 0 Å². The summed E-state index contributed by atoms with van der Waals surface area (Å²) in [6.07, 6.45) is 1.80. The number of nitrogens with zero attached hydrogens (tertiary/aromatic N) is 3. The lowest BCUT2D eigenvalue weighted by molar-refractivity contribution is 0.0163. The maximum absolute atomic E-state index is 13.1. The molecule has 0 radical (unpaired) electrons. The lowest BCUT2D eigenvalue weighted by Crippen LogP contribution is -2.18. The van der Waals surface area contributed by atoms with Crippen LogP contribution in [-0.2, 0) is 9.47 Å². The number of rotatable bonds is 5. The first-order chi connectivity index (χ1) is 15.5. The third kappa shape index (κ3) is 3.58. The van der Waals surface area contributed by atoms with Crippen LogP contribution < -0.4 is 5.73 Å². The molecule has 32 heavy (non-hydrogen) atoms. The molecule has 2 N–H and O–H groups in total. The Morgan fingerprint density at radius 2 is 1.88 bits per heavy atom. The van der Waals surface area contributed by atoms with Gasteiger partial charge >= 0.3 is 5.97 Å². The molecular formula is C25H26N4O3. The van der Waals surface area contributed by atoms with Crippen molar-refractivity contribution in [3.63, 3.8) is 0 Å². The molecule has 3 heterocycles. The van der Waals surface area contributed by atoms with Gasteiger partial charge in [0.1, 0.15) is 23.5 Å². The van der Waals surface area contributed by atoms with Gasteiger partial charge in [0.15, 0.2) is 5.65 Å². The van der Waals surface area contributed by atoms with Gasteiger partial charge in [0.25, 0.3) is 0 Å². The second-order valence-corrected chi connectivity index (χ2v) is 8.46. The Kier molecular flexibility index (Phi) is 5.27. The van der Waals surface area contributed by atoms with Gasteiger partial charge in [-0.05, 0) is 48.6 Å². The largest absolute Gasteiger partial charge is 0.459 e. The first-order valence-electron chi connectivity index (χ1n) is 11.0. The zero-order valence-corrected chi connectivity index (χ0v) is 18.2. The molecule has 7 heteroatoms. The predicted molar refractivity (Wildman–Crippen MR) is 124 cm³/mol. The SMILES string of the molecule is CC(C)c1ccc(-n2c(N)c(C(=O)OC[C@@H]3CCCO3)c3nc4ccccc4nc32)cc1. The molecule has 2 aromatic heterocycles.